The third kappa shape index (κ3) is 3.93. The third-order valence-electron chi connectivity index (χ3n) is 2.92. The Labute approximate surface area is 146 Å². The van der Waals surface area contributed by atoms with Crippen LogP contribution in [0.15, 0.2) is 56.7 Å². The molecular weight excluding hydrogens is 424 g/mol. The maximum Gasteiger partial charge on any atom is 0.337 e. The number of sulfonamides is 2. The predicted molar refractivity (Wildman–Crippen MR) is 89.7 cm³/mol. The summed E-state index contributed by atoms with van der Waals surface area (Å²) in [6, 6.07) is 8.57. The highest BCUT2D eigenvalue weighted by Gasteiger charge is 2.23. The van der Waals surface area contributed by atoms with E-state index in [1.165, 1.54) is 18.2 Å². The van der Waals surface area contributed by atoms with Gasteiger partial charge in [-0.1, -0.05) is 12.1 Å². The number of carboxylic acid groups (broad SMARTS) is 1. The van der Waals surface area contributed by atoms with Crippen molar-refractivity contribution in [1.29, 1.82) is 0 Å². The second-order valence-corrected chi connectivity index (χ2v) is 8.66. The molecule has 2 rings (SSSR count). The Morgan fingerprint density at radius 1 is 1.08 bits per heavy atom. The largest absolute Gasteiger partial charge is 0.478 e. The van der Waals surface area contributed by atoms with E-state index in [-0.39, 0.29) is 20.6 Å². The van der Waals surface area contributed by atoms with Crippen molar-refractivity contribution in [2.75, 3.05) is 4.72 Å². The minimum absolute atomic E-state index is 0.0302. The molecule has 0 radical (unpaired) electrons. The predicted octanol–water partition coefficient (Wildman–Crippen LogP) is 1.60. The fraction of sp³-hybridized carbons (Fsp3) is 0. The van der Waals surface area contributed by atoms with Crippen LogP contribution >= 0.6 is 15.9 Å². The molecule has 0 aromatic heterocycles. The van der Waals surface area contributed by atoms with E-state index in [0.717, 1.165) is 24.3 Å². The second kappa shape index (κ2) is 6.51. The Morgan fingerprint density at radius 3 is 2.25 bits per heavy atom. The third-order valence-corrected chi connectivity index (χ3v) is 5.91. The van der Waals surface area contributed by atoms with Gasteiger partial charge in [0.2, 0.25) is 10.0 Å². The average molecular weight is 435 g/mol. The van der Waals surface area contributed by atoms with Crippen molar-refractivity contribution < 1.29 is 26.7 Å². The van der Waals surface area contributed by atoms with Crippen LogP contribution in [-0.4, -0.2) is 27.9 Å². The number of anilines is 1. The maximum atomic E-state index is 12.4. The van der Waals surface area contributed by atoms with Gasteiger partial charge >= 0.3 is 5.97 Å². The first-order chi connectivity index (χ1) is 11.0. The van der Waals surface area contributed by atoms with E-state index >= 15 is 0 Å². The van der Waals surface area contributed by atoms with E-state index in [1.54, 1.807) is 0 Å². The summed E-state index contributed by atoms with van der Waals surface area (Å²) in [5.74, 6) is -1.39. The number of aromatic carboxylic acids is 1. The first-order valence-electron chi connectivity index (χ1n) is 6.20. The number of primary sulfonamides is 1. The molecule has 0 bridgehead atoms. The SMILES string of the molecule is NS(=O)(=O)c1ccc(NS(=O)(=O)c2ccccc2C(=O)O)c(Br)c1. The summed E-state index contributed by atoms with van der Waals surface area (Å²) < 4.78 is 49.7. The summed E-state index contributed by atoms with van der Waals surface area (Å²) in [4.78, 5) is 10.5. The molecule has 0 amide bonds. The van der Waals surface area contributed by atoms with Gasteiger partial charge in [-0.2, -0.15) is 0 Å². The summed E-state index contributed by atoms with van der Waals surface area (Å²) in [5.41, 5.74) is -0.357. The van der Waals surface area contributed by atoms with Gasteiger partial charge in [0.1, 0.15) is 4.90 Å². The molecule has 0 aliphatic rings. The van der Waals surface area contributed by atoms with E-state index < -0.39 is 30.9 Å². The maximum absolute atomic E-state index is 12.4. The Bertz CT molecular complexity index is 1020. The summed E-state index contributed by atoms with van der Waals surface area (Å²) in [6.45, 7) is 0. The standard InChI is InChI=1S/C13H11BrN2O6S2/c14-10-7-8(23(15,19)20)5-6-11(10)16-24(21,22)12-4-2-1-3-9(12)13(17)18/h1-7,16H,(H,17,18)(H2,15,19,20). The summed E-state index contributed by atoms with van der Waals surface area (Å²) in [5, 5.41) is 14.1. The molecule has 0 saturated heterocycles. The number of nitrogens with two attached hydrogens (primary N) is 1. The van der Waals surface area contributed by atoms with Crippen LogP contribution in [0, 0.1) is 0 Å². The highest BCUT2D eigenvalue weighted by atomic mass is 79.9. The van der Waals surface area contributed by atoms with Crippen LogP contribution in [0.3, 0.4) is 0 Å². The van der Waals surface area contributed by atoms with Gasteiger partial charge in [-0.05, 0) is 46.3 Å². The minimum atomic E-state index is -4.20. The van der Waals surface area contributed by atoms with Crippen molar-refractivity contribution in [2.24, 2.45) is 5.14 Å². The fourth-order valence-electron chi connectivity index (χ4n) is 1.83. The zero-order chi connectivity index (χ0) is 18.1. The molecule has 0 unspecified atom stereocenters. The molecule has 0 atom stereocenters. The molecule has 2 aromatic carbocycles. The topological polar surface area (TPSA) is 144 Å². The van der Waals surface area contributed by atoms with Gasteiger partial charge < -0.3 is 5.11 Å². The molecule has 24 heavy (non-hydrogen) atoms. The van der Waals surface area contributed by atoms with Crippen LogP contribution in [0.5, 0.6) is 0 Å². The molecule has 128 valence electrons. The Balaban J connectivity index is 2.46. The first kappa shape index (κ1) is 18.4. The van der Waals surface area contributed by atoms with Gasteiger partial charge in [-0.3, -0.25) is 4.72 Å². The number of benzene rings is 2. The number of carbonyl (C=O) groups is 1. The number of halogens is 1. The van der Waals surface area contributed by atoms with Crippen LogP contribution in [-0.2, 0) is 20.0 Å². The van der Waals surface area contributed by atoms with Crippen molar-refractivity contribution >= 4 is 47.6 Å². The lowest BCUT2D eigenvalue weighted by atomic mass is 10.2. The van der Waals surface area contributed by atoms with Crippen molar-refractivity contribution in [3.63, 3.8) is 0 Å². The first-order valence-corrected chi connectivity index (χ1v) is 10.0. The molecular formula is C13H11BrN2O6S2. The average Bonchev–Trinajstić information content (AvgIpc) is 2.48. The summed E-state index contributed by atoms with van der Waals surface area (Å²) in [6.07, 6.45) is 0. The number of hydrogen-bond acceptors (Lipinski definition) is 5. The number of hydrogen-bond donors (Lipinski definition) is 3. The van der Waals surface area contributed by atoms with Crippen molar-refractivity contribution in [2.45, 2.75) is 9.79 Å². The van der Waals surface area contributed by atoms with E-state index in [4.69, 9.17) is 10.2 Å². The van der Waals surface area contributed by atoms with Crippen molar-refractivity contribution in [1.82, 2.24) is 0 Å². The van der Waals surface area contributed by atoms with E-state index in [2.05, 4.69) is 20.7 Å². The normalized spacial score (nSPS) is 11.9. The Hall–Kier alpha value is -1.95. The quantitative estimate of drug-likeness (QED) is 0.651. The van der Waals surface area contributed by atoms with Crippen LogP contribution in [0.4, 0.5) is 5.69 Å². The molecule has 11 heteroatoms. The van der Waals surface area contributed by atoms with Gasteiger partial charge in [0.15, 0.2) is 0 Å². The monoisotopic (exact) mass is 434 g/mol. The van der Waals surface area contributed by atoms with Crippen LogP contribution in [0.25, 0.3) is 0 Å². The smallest absolute Gasteiger partial charge is 0.337 e. The van der Waals surface area contributed by atoms with Crippen LogP contribution in [0.2, 0.25) is 0 Å². The molecule has 0 spiro atoms. The van der Waals surface area contributed by atoms with Crippen molar-refractivity contribution in [3.8, 4) is 0 Å². The van der Waals surface area contributed by atoms with Gasteiger partial charge in [0.05, 0.1) is 16.1 Å². The second-order valence-electron chi connectivity index (χ2n) is 4.59. The van der Waals surface area contributed by atoms with Gasteiger partial charge in [0, 0.05) is 4.47 Å². The van der Waals surface area contributed by atoms with Gasteiger partial charge in [-0.15, -0.1) is 0 Å². The zero-order valence-electron chi connectivity index (χ0n) is 11.8. The van der Waals surface area contributed by atoms with E-state index in [0.29, 0.717) is 0 Å². The number of rotatable bonds is 5. The number of carboxylic acids is 1. The highest BCUT2D eigenvalue weighted by Crippen LogP contribution is 2.28. The Kier molecular flexibility index (Phi) is 4.99. The molecule has 0 heterocycles. The van der Waals surface area contributed by atoms with Gasteiger partial charge in [-0.25, -0.2) is 26.8 Å². The van der Waals surface area contributed by atoms with E-state index in [9.17, 15) is 21.6 Å². The van der Waals surface area contributed by atoms with E-state index in [1.807, 2.05) is 0 Å². The lowest BCUT2D eigenvalue weighted by molar-refractivity contribution is 0.0692. The lowest BCUT2D eigenvalue weighted by Crippen LogP contribution is -2.17. The summed E-state index contributed by atoms with van der Waals surface area (Å²) in [7, 11) is -8.14. The minimum Gasteiger partial charge on any atom is -0.478 e. The van der Waals surface area contributed by atoms with Gasteiger partial charge in [0.25, 0.3) is 10.0 Å². The highest BCUT2D eigenvalue weighted by molar-refractivity contribution is 9.10. The summed E-state index contributed by atoms with van der Waals surface area (Å²) >= 11 is 3.05. The molecule has 0 fully saturated rings. The zero-order valence-corrected chi connectivity index (χ0v) is 15.0. The molecule has 0 aliphatic heterocycles. The molecule has 0 saturated carbocycles. The molecule has 0 aliphatic carbocycles. The van der Waals surface area contributed by atoms with Crippen LogP contribution in [0.1, 0.15) is 10.4 Å². The fourth-order valence-corrected chi connectivity index (χ4v) is 4.41. The Morgan fingerprint density at radius 2 is 1.71 bits per heavy atom. The van der Waals surface area contributed by atoms with Crippen molar-refractivity contribution in [3.05, 3.63) is 52.5 Å². The molecule has 8 nitrogen and oxygen atoms in total. The lowest BCUT2D eigenvalue weighted by Gasteiger charge is -2.12. The van der Waals surface area contributed by atoms with Crippen LogP contribution < -0.4 is 9.86 Å². The molecule has 4 N–H and O–H groups in total. The molecule has 2 aromatic rings. The number of nitrogens with one attached hydrogen (secondary N) is 1.